The van der Waals surface area contributed by atoms with Gasteiger partial charge < -0.3 is 16.9 Å². The monoisotopic (exact) mass is 370 g/mol. The van der Waals surface area contributed by atoms with E-state index < -0.39 is 0 Å². The number of rotatable bonds is 2. The van der Waals surface area contributed by atoms with E-state index in [4.69, 9.17) is 0 Å². The van der Waals surface area contributed by atoms with Crippen LogP contribution in [0, 0.1) is 10.8 Å². The molecule has 2 atom stereocenters. The summed E-state index contributed by atoms with van der Waals surface area (Å²) in [7, 11) is 0. The topological polar surface area (TPSA) is 3.24 Å². The van der Waals surface area contributed by atoms with Crippen LogP contribution in [0.5, 0.6) is 0 Å². The van der Waals surface area contributed by atoms with Crippen LogP contribution in [0.1, 0.15) is 25.8 Å². The van der Waals surface area contributed by atoms with Crippen molar-refractivity contribution in [2.75, 3.05) is 32.8 Å². The summed E-state index contributed by atoms with van der Waals surface area (Å²) in [6.07, 6.45) is 1.43. The first-order valence-electron chi connectivity index (χ1n) is 7.70. The summed E-state index contributed by atoms with van der Waals surface area (Å²) in [5, 5.41) is 0. The van der Waals surface area contributed by atoms with Gasteiger partial charge in [-0.1, -0.05) is 41.9 Å². The Morgan fingerprint density at radius 2 is 1.86 bits per heavy atom. The van der Waals surface area contributed by atoms with Crippen molar-refractivity contribution < 1.29 is 16.9 Å². The summed E-state index contributed by atoms with van der Waals surface area (Å²) in [6.45, 7) is 12.9. The number of nitrogens with zero attached hydrogens (tertiary/aromatic N) is 2. The van der Waals surface area contributed by atoms with Crippen LogP contribution < -0.4 is 12.4 Å². The molecule has 0 aliphatic carbocycles. The molecule has 1 aromatic rings. The van der Waals surface area contributed by atoms with Crippen LogP contribution in [-0.2, 0) is 6.54 Å². The molecular weight excluding hydrogens is 348 g/mol. The molecule has 0 radical (unpaired) electrons. The minimum Gasteiger partial charge on any atom is -1.00 e. The molecule has 2 unspecified atom stereocenters. The average molecular weight is 372 g/mol. The highest BCUT2D eigenvalue weighted by molar-refractivity contribution is 9.10. The molecule has 4 aliphatic rings. The largest absolute Gasteiger partial charge is 1.00 e. The molecule has 4 bridgehead atoms. The Kier molecular flexibility index (Phi) is 3.73. The Morgan fingerprint density at radius 1 is 1.19 bits per heavy atom. The molecule has 4 saturated heterocycles. The lowest BCUT2D eigenvalue weighted by molar-refractivity contribution is -0.981. The first-order chi connectivity index (χ1) is 9.38. The van der Waals surface area contributed by atoms with Gasteiger partial charge in [-0.05, 0) is 18.6 Å². The maximum atomic E-state index is 3.62. The van der Waals surface area contributed by atoms with Gasteiger partial charge in [0.05, 0.1) is 13.1 Å². The fraction of sp³-hybridized carbons (Fsp3) is 0.647. The molecule has 0 saturated carbocycles. The third-order valence-electron chi connectivity index (χ3n) is 5.41. The standard InChI is InChI=1S/C17H24BrN2.ClH/c1-16-8-17(2)10-19(9-16)13-20(11-16,12-17)7-14-4-3-5-15(18)6-14;/h3-6H,7-13H2,1-2H3;1H/q+1;/p-1. The lowest BCUT2D eigenvalue weighted by Crippen LogP contribution is -3.00. The molecule has 1 aromatic carbocycles. The number of halogens is 2. The zero-order valence-corrected chi connectivity index (χ0v) is 15.3. The van der Waals surface area contributed by atoms with Crippen molar-refractivity contribution in [3.05, 3.63) is 34.3 Å². The number of benzene rings is 1. The van der Waals surface area contributed by atoms with Crippen LogP contribution in [0.4, 0.5) is 0 Å². The summed E-state index contributed by atoms with van der Waals surface area (Å²) >= 11 is 3.62. The molecule has 4 heterocycles. The molecule has 21 heavy (non-hydrogen) atoms. The molecule has 0 aromatic heterocycles. The second-order valence-electron chi connectivity index (χ2n) is 8.37. The minimum absolute atomic E-state index is 0. The maximum Gasteiger partial charge on any atom is 0.135 e. The number of hydrogen-bond donors (Lipinski definition) is 0. The quantitative estimate of drug-likeness (QED) is 0.683. The fourth-order valence-corrected chi connectivity index (χ4v) is 6.42. The molecule has 0 amide bonds. The van der Waals surface area contributed by atoms with Gasteiger partial charge in [-0.15, -0.1) is 0 Å². The molecule has 2 nitrogen and oxygen atoms in total. The highest BCUT2D eigenvalue weighted by atomic mass is 79.9. The summed E-state index contributed by atoms with van der Waals surface area (Å²) in [5.41, 5.74) is 2.56. The Hall–Kier alpha value is -0.0900. The molecule has 116 valence electrons. The third kappa shape index (κ3) is 2.78. The highest BCUT2D eigenvalue weighted by Crippen LogP contribution is 2.52. The van der Waals surface area contributed by atoms with Gasteiger partial charge in [0.15, 0.2) is 0 Å². The Morgan fingerprint density at radius 3 is 2.43 bits per heavy atom. The van der Waals surface area contributed by atoms with Crippen LogP contribution in [0.25, 0.3) is 0 Å². The Balaban J connectivity index is 0.00000132. The summed E-state index contributed by atoms with van der Waals surface area (Å²) in [4.78, 5) is 2.73. The first kappa shape index (κ1) is 15.8. The van der Waals surface area contributed by atoms with Crippen molar-refractivity contribution in [1.82, 2.24) is 4.90 Å². The van der Waals surface area contributed by atoms with E-state index in [2.05, 4.69) is 58.9 Å². The van der Waals surface area contributed by atoms with E-state index in [-0.39, 0.29) is 12.4 Å². The first-order valence-corrected chi connectivity index (χ1v) is 8.49. The van der Waals surface area contributed by atoms with Gasteiger partial charge in [0, 0.05) is 34.0 Å². The number of hydrogen-bond acceptors (Lipinski definition) is 1. The zero-order chi connectivity index (χ0) is 14.0. The lowest BCUT2D eigenvalue weighted by Gasteiger charge is -2.66. The predicted octanol–water partition coefficient (Wildman–Crippen LogP) is 0.473. The van der Waals surface area contributed by atoms with Crippen molar-refractivity contribution in [2.24, 2.45) is 10.8 Å². The van der Waals surface area contributed by atoms with Gasteiger partial charge in [0.2, 0.25) is 0 Å². The van der Waals surface area contributed by atoms with E-state index in [0.29, 0.717) is 10.8 Å². The second kappa shape index (κ2) is 4.95. The molecule has 4 heteroatoms. The minimum atomic E-state index is 0. The van der Waals surface area contributed by atoms with E-state index >= 15 is 0 Å². The van der Waals surface area contributed by atoms with Crippen molar-refractivity contribution in [1.29, 1.82) is 0 Å². The predicted molar refractivity (Wildman–Crippen MR) is 85.1 cm³/mol. The van der Waals surface area contributed by atoms with Crippen LogP contribution in [0.2, 0.25) is 0 Å². The van der Waals surface area contributed by atoms with Gasteiger partial charge in [0.1, 0.15) is 13.2 Å². The number of piperidine rings is 2. The third-order valence-corrected chi connectivity index (χ3v) is 5.90. The lowest BCUT2D eigenvalue weighted by atomic mass is 9.63. The van der Waals surface area contributed by atoms with Crippen molar-refractivity contribution >= 4 is 15.9 Å². The second-order valence-corrected chi connectivity index (χ2v) is 9.29. The van der Waals surface area contributed by atoms with Crippen molar-refractivity contribution in [3.63, 3.8) is 0 Å². The molecule has 4 aliphatic heterocycles. The molecule has 5 rings (SSSR count). The maximum absolute atomic E-state index is 3.62. The molecule has 4 fully saturated rings. The van der Waals surface area contributed by atoms with E-state index in [9.17, 15) is 0 Å². The van der Waals surface area contributed by atoms with Crippen LogP contribution in [-0.4, -0.2) is 42.2 Å². The Bertz CT molecular complexity index is 543. The van der Waals surface area contributed by atoms with Crippen molar-refractivity contribution in [2.45, 2.75) is 26.8 Å². The van der Waals surface area contributed by atoms with Gasteiger partial charge in [-0.2, -0.15) is 0 Å². The summed E-state index contributed by atoms with van der Waals surface area (Å²) < 4.78 is 2.49. The highest BCUT2D eigenvalue weighted by Gasteiger charge is 2.60. The smallest absolute Gasteiger partial charge is 0.135 e. The fourth-order valence-electron chi connectivity index (χ4n) is 5.97. The van der Waals surface area contributed by atoms with Crippen molar-refractivity contribution in [3.8, 4) is 0 Å². The van der Waals surface area contributed by atoms with Gasteiger partial charge in [-0.25, -0.2) is 0 Å². The van der Waals surface area contributed by atoms with Crippen LogP contribution >= 0.6 is 15.9 Å². The van der Waals surface area contributed by atoms with Gasteiger partial charge in [0.25, 0.3) is 0 Å². The van der Waals surface area contributed by atoms with E-state index in [0.717, 1.165) is 0 Å². The van der Waals surface area contributed by atoms with E-state index in [1.807, 2.05) is 0 Å². The van der Waals surface area contributed by atoms with Gasteiger partial charge in [-0.3, -0.25) is 4.90 Å². The zero-order valence-electron chi connectivity index (χ0n) is 12.9. The molecule has 0 N–H and O–H groups in total. The average Bonchev–Trinajstić information content (AvgIpc) is 2.22. The van der Waals surface area contributed by atoms with E-state index in [1.54, 1.807) is 0 Å². The molecular formula is C17H24BrClN2. The SMILES string of the molecule is CC12CN3CC(C)(C1)C[N+](Cc1cccc(Br)c1)(C3)C2.[Cl-]. The number of quaternary nitrogens is 1. The molecule has 0 spiro atoms. The Labute approximate surface area is 142 Å². The normalized spacial score (nSPS) is 43.7. The van der Waals surface area contributed by atoms with Crippen LogP contribution in [0.15, 0.2) is 28.7 Å². The van der Waals surface area contributed by atoms with E-state index in [1.165, 1.54) is 60.3 Å². The summed E-state index contributed by atoms with van der Waals surface area (Å²) in [6, 6.07) is 8.90. The van der Waals surface area contributed by atoms with Crippen LogP contribution in [0.3, 0.4) is 0 Å². The van der Waals surface area contributed by atoms with Gasteiger partial charge >= 0.3 is 0 Å². The summed E-state index contributed by atoms with van der Waals surface area (Å²) in [5.74, 6) is 0.